The van der Waals surface area contributed by atoms with E-state index in [1.165, 1.54) is 10.5 Å². The second-order valence-electron chi connectivity index (χ2n) is 5.74. The molecule has 0 fully saturated rings. The van der Waals surface area contributed by atoms with Crippen molar-refractivity contribution in [1.29, 1.82) is 5.26 Å². The van der Waals surface area contributed by atoms with Crippen LogP contribution < -0.4 is 4.74 Å². The van der Waals surface area contributed by atoms with Crippen LogP contribution in [-0.4, -0.2) is 11.9 Å². The molecule has 2 aromatic carbocycles. The van der Waals surface area contributed by atoms with Crippen LogP contribution >= 0.6 is 11.8 Å². The van der Waals surface area contributed by atoms with Crippen LogP contribution in [0.25, 0.3) is 0 Å². The van der Waals surface area contributed by atoms with Crippen molar-refractivity contribution in [3.8, 4) is 11.8 Å². The summed E-state index contributed by atoms with van der Waals surface area (Å²) >= 11 is 1.88. The van der Waals surface area contributed by atoms with Gasteiger partial charge in [-0.15, -0.1) is 11.8 Å². The van der Waals surface area contributed by atoms with Gasteiger partial charge in [0.2, 0.25) is 0 Å². The van der Waals surface area contributed by atoms with E-state index >= 15 is 0 Å². The molecule has 2 nitrogen and oxygen atoms in total. The molecule has 1 heterocycles. The largest absolute Gasteiger partial charge is 0.489 e. The van der Waals surface area contributed by atoms with Crippen molar-refractivity contribution >= 4 is 11.8 Å². The van der Waals surface area contributed by atoms with Crippen molar-refractivity contribution in [3.63, 3.8) is 0 Å². The van der Waals surface area contributed by atoms with Crippen molar-refractivity contribution in [2.45, 2.75) is 30.8 Å². The molecule has 0 amide bonds. The monoisotopic (exact) mass is 309 g/mol. The number of benzene rings is 2. The predicted octanol–water partition coefficient (Wildman–Crippen LogP) is 4.48. The van der Waals surface area contributed by atoms with E-state index in [0.717, 1.165) is 23.5 Å². The van der Waals surface area contributed by atoms with Crippen molar-refractivity contribution in [2.75, 3.05) is 5.75 Å². The zero-order chi connectivity index (χ0) is 15.4. The quantitative estimate of drug-likeness (QED) is 0.763. The molecule has 0 saturated heterocycles. The first kappa shape index (κ1) is 15.0. The van der Waals surface area contributed by atoms with E-state index in [-0.39, 0.29) is 6.10 Å². The molecule has 1 aliphatic rings. The van der Waals surface area contributed by atoms with E-state index in [2.05, 4.69) is 43.3 Å². The van der Waals surface area contributed by atoms with Gasteiger partial charge >= 0.3 is 0 Å². The van der Waals surface area contributed by atoms with Gasteiger partial charge in [-0.3, -0.25) is 0 Å². The van der Waals surface area contributed by atoms with Crippen molar-refractivity contribution in [2.24, 2.45) is 5.92 Å². The Morgan fingerprint density at radius 3 is 2.86 bits per heavy atom. The van der Waals surface area contributed by atoms with Gasteiger partial charge < -0.3 is 4.74 Å². The first-order valence-corrected chi connectivity index (χ1v) is 8.58. The van der Waals surface area contributed by atoms with E-state index < -0.39 is 0 Å². The van der Waals surface area contributed by atoms with E-state index in [0.29, 0.717) is 12.3 Å². The van der Waals surface area contributed by atoms with Crippen LogP contribution in [0.4, 0.5) is 0 Å². The van der Waals surface area contributed by atoms with Gasteiger partial charge in [0.05, 0.1) is 12.5 Å². The highest BCUT2D eigenvalue weighted by atomic mass is 32.2. The molecule has 2 aromatic rings. The highest BCUT2D eigenvalue weighted by Gasteiger charge is 2.27. The number of thioether (sulfide) groups is 1. The summed E-state index contributed by atoms with van der Waals surface area (Å²) < 4.78 is 6.12. The molecule has 0 aliphatic carbocycles. The molecule has 0 N–H and O–H groups in total. The van der Waals surface area contributed by atoms with Crippen LogP contribution in [0.15, 0.2) is 53.4 Å². The van der Waals surface area contributed by atoms with Crippen LogP contribution in [0.2, 0.25) is 0 Å². The number of hydrogen-bond donors (Lipinski definition) is 0. The summed E-state index contributed by atoms with van der Waals surface area (Å²) in [5.41, 5.74) is 2.30. The topological polar surface area (TPSA) is 33.0 Å². The van der Waals surface area contributed by atoms with Gasteiger partial charge in [0, 0.05) is 23.0 Å². The molecule has 3 rings (SSSR count). The fourth-order valence-electron chi connectivity index (χ4n) is 2.67. The molecule has 112 valence electrons. The van der Waals surface area contributed by atoms with Crippen molar-refractivity contribution in [3.05, 3.63) is 59.7 Å². The van der Waals surface area contributed by atoms with E-state index in [1.807, 2.05) is 30.0 Å². The second-order valence-corrected chi connectivity index (χ2v) is 6.83. The first-order valence-electron chi connectivity index (χ1n) is 7.59. The number of fused-ring (bicyclic) bond motifs is 1. The van der Waals surface area contributed by atoms with Gasteiger partial charge in [-0.05, 0) is 29.3 Å². The van der Waals surface area contributed by atoms with E-state index in [1.54, 1.807) is 0 Å². The lowest BCUT2D eigenvalue weighted by Crippen LogP contribution is -2.24. The first-order chi connectivity index (χ1) is 10.8. The SMILES string of the molecule is CC(CSc1ccccc1)C1Cc2ccc(CC#N)cc2O1. The third kappa shape index (κ3) is 3.45. The fraction of sp³-hybridized carbons (Fsp3) is 0.316. The van der Waals surface area contributed by atoms with Gasteiger partial charge in [0.15, 0.2) is 0 Å². The third-order valence-electron chi connectivity index (χ3n) is 4.00. The van der Waals surface area contributed by atoms with Crippen LogP contribution in [0.5, 0.6) is 5.75 Å². The Morgan fingerprint density at radius 2 is 2.09 bits per heavy atom. The molecule has 1 aliphatic heterocycles. The molecule has 0 spiro atoms. The average Bonchev–Trinajstić information content (AvgIpc) is 2.97. The summed E-state index contributed by atoms with van der Waals surface area (Å²) in [5, 5.41) is 8.79. The Bertz CT molecular complexity index is 678. The van der Waals surface area contributed by atoms with Gasteiger partial charge in [-0.2, -0.15) is 5.26 Å². The second kappa shape index (κ2) is 6.89. The maximum absolute atomic E-state index is 8.79. The summed E-state index contributed by atoms with van der Waals surface area (Å²) in [6.07, 6.45) is 1.66. The summed E-state index contributed by atoms with van der Waals surface area (Å²) in [6.45, 7) is 2.25. The highest BCUT2D eigenvalue weighted by Crippen LogP contribution is 2.34. The number of rotatable bonds is 5. The molecule has 0 aromatic heterocycles. The van der Waals surface area contributed by atoms with Gasteiger partial charge in [0.25, 0.3) is 0 Å². The van der Waals surface area contributed by atoms with Crippen LogP contribution in [0.1, 0.15) is 18.1 Å². The van der Waals surface area contributed by atoms with E-state index in [4.69, 9.17) is 10.00 Å². The maximum Gasteiger partial charge on any atom is 0.123 e. The Hall–Kier alpha value is -1.92. The standard InChI is InChI=1S/C19H19NOS/c1-14(13-22-17-5-3-2-4-6-17)18-12-16-8-7-15(9-10-20)11-19(16)21-18/h2-8,11,14,18H,9,12-13H2,1H3. The minimum absolute atomic E-state index is 0.239. The molecular weight excluding hydrogens is 290 g/mol. The molecule has 2 atom stereocenters. The molecule has 3 heteroatoms. The van der Waals surface area contributed by atoms with Gasteiger partial charge in [-0.1, -0.05) is 37.3 Å². The molecule has 22 heavy (non-hydrogen) atoms. The molecule has 2 unspecified atom stereocenters. The molecule has 0 saturated carbocycles. The normalized spacial score (nSPS) is 17.4. The molecule has 0 radical (unpaired) electrons. The highest BCUT2D eigenvalue weighted by molar-refractivity contribution is 7.99. The summed E-state index contributed by atoms with van der Waals surface area (Å²) in [6, 6.07) is 18.9. The lowest BCUT2D eigenvalue weighted by Gasteiger charge is -2.18. The average molecular weight is 309 g/mol. The number of nitriles is 1. The third-order valence-corrected chi connectivity index (χ3v) is 5.30. The number of hydrogen-bond acceptors (Lipinski definition) is 3. The smallest absolute Gasteiger partial charge is 0.123 e. The zero-order valence-electron chi connectivity index (χ0n) is 12.7. The summed E-state index contributed by atoms with van der Waals surface area (Å²) in [5.74, 6) is 2.50. The summed E-state index contributed by atoms with van der Waals surface area (Å²) in [7, 11) is 0. The van der Waals surface area contributed by atoms with Crippen LogP contribution in [0, 0.1) is 17.2 Å². The number of ether oxygens (including phenoxy) is 1. The van der Waals surface area contributed by atoms with Gasteiger partial charge in [-0.25, -0.2) is 0 Å². The lowest BCUT2D eigenvalue weighted by molar-refractivity contribution is 0.181. The summed E-state index contributed by atoms with van der Waals surface area (Å²) in [4.78, 5) is 1.31. The molecule has 0 bridgehead atoms. The minimum Gasteiger partial charge on any atom is -0.489 e. The van der Waals surface area contributed by atoms with Crippen LogP contribution in [-0.2, 0) is 12.8 Å². The van der Waals surface area contributed by atoms with Crippen LogP contribution in [0.3, 0.4) is 0 Å². The Labute approximate surface area is 136 Å². The Balaban J connectivity index is 1.59. The number of nitrogens with zero attached hydrogens (tertiary/aromatic N) is 1. The zero-order valence-corrected chi connectivity index (χ0v) is 13.5. The molecular formula is C19H19NOS. The Morgan fingerprint density at radius 1 is 1.27 bits per heavy atom. The van der Waals surface area contributed by atoms with Gasteiger partial charge in [0.1, 0.15) is 11.9 Å². The fourth-order valence-corrected chi connectivity index (χ4v) is 3.69. The maximum atomic E-state index is 8.79. The van der Waals surface area contributed by atoms with E-state index in [9.17, 15) is 0 Å². The lowest BCUT2D eigenvalue weighted by atomic mass is 10.0. The van der Waals surface area contributed by atoms with Crippen molar-refractivity contribution in [1.82, 2.24) is 0 Å². The predicted molar refractivity (Wildman–Crippen MR) is 90.2 cm³/mol. The van der Waals surface area contributed by atoms with Crippen molar-refractivity contribution < 1.29 is 4.74 Å². The minimum atomic E-state index is 0.239. The Kier molecular flexibility index (Phi) is 4.70.